The molecule has 1 aliphatic heterocycles. The molecule has 1 aromatic rings. The van der Waals surface area contributed by atoms with E-state index < -0.39 is 0 Å². The third kappa shape index (κ3) is 4.30. The molecule has 116 valence electrons. The number of hydrogen-bond acceptors (Lipinski definition) is 3. The highest BCUT2D eigenvalue weighted by atomic mass is 79.9. The highest BCUT2D eigenvalue weighted by molar-refractivity contribution is 9.10. The summed E-state index contributed by atoms with van der Waals surface area (Å²) in [4.78, 5) is 14.9. The van der Waals surface area contributed by atoms with Crippen molar-refractivity contribution in [2.75, 3.05) is 20.2 Å². The summed E-state index contributed by atoms with van der Waals surface area (Å²) in [6.45, 7) is 3.80. The zero-order chi connectivity index (χ0) is 15.2. The Bertz CT molecular complexity index is 488. The summed E-state index contributed by atoms with van der Waals surface area (Å²) in [6, 6.07) is 6.14. The number of carbonyl (C=O) groups excluding carboxylic acids is 1. The van der Waals surface area contributed by atoms with Crippen LogP contribution < -0.4 is 4.74 Å². The molecule has 0 aliphatic carbocycles. The van der Waals surface area contributed by atoms with Crippen molar-refractivity contribution < 1.29 is 9.53 Å². The predicted octanol–water partition coefficient (Wildman–Crippen LogP) is 4.30. The third-order valence-electron chi connectivity index (χ3n) is 4.19. The van der Waals surface area contributed by atoms with Crippen LogP contribution in [0.15, 0.2) is 22.7 Å². The molecule has 0 spiro atoms. The van der Waals surface area contributed by atoms with Gasteiger partial charge in [0.25, 0.3) is 0 Å². The minimum atomic E-state index is 0.196. The molecule has 3 nitrogen and oxygen atoms in total. The van der Waals surface area contributed by atoms with Gasteiger partial charge in [-0.3, -0.25) is 9.69 Å². The second-order valence-corrected chi connectivity index (χ2v) is 6.54. The monoisotopic (exact) mass is 353 g/mol. The van der Waals surface area contributed by atoms with E-state index in [0.717, 1.165) is 22.3 Å². The van der Waals surface area contributed by atoms with Crippen molar-refractivity contribution >= 4 is 21.7 Å². The van der Waals surface area contributed by atoms with Crippen LogP contribution in [0.1, 0.15) is 49.4 Å². The first-order valence-corrected chi connectivity index (χ1v) is 8.55. The normalized spacial score (nSPS) is 19.5. The predicted molar refractivity (Wildman–Crippen MR) is 89.1 cm³/mol. The molecule has 1 heterocycles. The van der Waals surface area contributed by atoms with Gasteiger partial charge in [-0.05, 0) is 59.9 Å². The molecule has 1 unspecified atom stereocenters. The van der Waals surface area contributed by atoms with Crippen LogP contribution in [0.3, 0.4) is 0 Å². The molecule has 1 fully saturated rings. The SMILES string of the molecule is CCCC1CCCCN1CC(=O)c1ccc(OC)c(Br)c1. The first kappa shape index (κ1) is 16.5. The van der Waals surface area contributed by atoms with Gasteiger partial charge in [0.15, 0.2) is 5.78 Å². The summed E-state index contributed by atoms with van der Waals surface area (Å²) in [7, 11) is 1.63. The summed E-state index contributed by atoms with van der Waals surface area (Å²) < 4.78 is 6.04. The van der Waals surface area contributed by atoms with E-state index in [9.17, 15) is 4.79 Å². The average molecular weight is 354 g/mol. The van der Waals surface area contributed by atoms with Gasteiger partial charge in [-0.1, -0.05) is 19.8 Å². The lowest BCUT2D eigenvalue weighted by atomic mass is 9.97. The van der Waals surface area contributed by atoms with Gasteiger partial charge in [0.05, 0.1) is 18.1 Å². The summed E-state index contributed by atoms with van der Waals surface area (Å²) in [6.07, 6.45) is 6.11. The van der Waals surface area contributed by atoms with E-state index in [0.29, 0.717) is 12.6 Å². The molecule has 2 rings (SSSR count). The van der Waals surface area contributed by atoms with Gasteiger partial charge >= 0.3 is 0 Å². The number of likely N-dealkylation sites (tertiary alicyclic amines) is 1. The first-order chi connectivity index (χ1) is 10.2. The Morgan fingerprint density at radius 1 is 1.43 bits per heavy atom. The van der Waals surface area contributed by atoms with Crippen molar-refractivity contribution in [3.8, 4) is 5.75 Å². The van der Waals surface area contributed by atoms with E-state index in [2.05, 4.69) is 27.8 Å². The Morgan fingerprint density at radius 2 is 2.24 bits per heavy atom. The molecule has 1 aromatic carbocycles. The first-order valence-electron chi connectivity index (χ1n) is 7.76. The lowest BCUT2D eigenvalue weighted by Gasteiger charge is -2.35. The Morgan fingerprint density at radius 3 is 2.90 bits per heavy atom. The molecular formula is C17H24BrNO2. The molecule has 0 amide bonds. The second-order valence-electron chi connectivity index (χ2n) is 5.68. The summed E-state index contributed by atoms with van der Waals surface area (Å²) in [5.74, 6) is 0.953. The van der Waals surface area contributed by atoms with Crippen LogP contribution in [0.2, 0.25) is 0 Å². The summed E-state index contributed by atoms with van der Waals surface area (Å²) in [5, 5.41) is 0. The van der Waals surface area contributed by atoms with E-state index >= 15 is 0 Å². The molecule has 1 aliphatic rings. The molecule has 0 radical (unpaired) electrons. The third-order valence-corrected chi connectivity index (χ3v) is 4.81. The second kappa shape index (κ2) is 7.95. The largest absolute Gasteiger partial charge is 0.496 e. The van der Waals surface area contributed by atoms with Crippen molar-refractivity contribution in [1.29, 1.82) is 0 Å². The molecule has 0 aromatic heterocycles. The van der Waals surface area contributed by atoms with Crippen LogP contribution >= 0.6 is 15.9 Å². The Kier molecular flexibility index (Phi) is 6.24. The number of Topliss-reactive ketones (excluding diaryl/α,β-unsaturated/α-hetero) is 1. The van der Waals surface area contributed by atoms with Gasteiger partial charge in [0.2, 0.25) is 0 Å². The van der Waals surface area contributed by atoms with Crippen LogP contribution in [-0.4, -0.2) is 36.9 Å². The van der Waals surface area contributed by atoms with Crippen molar-refractivity contribution in [3.05, 3.63) is 28.2 Å². The van der Waals surface area contributed by atoms with Gasteiger partial charge < -0.3 is 4.74 Å². The number of halogens is 1. The Balaban J connectivity index is 2.04. The molecule has 1 saturated heterocycles. The van der Waals surface area contributed by atoms with Gasteiger partial charge in [0.1, 0.15) is 5.75 Å². The molecule has 0 saturated carbocycles. The fraction of sp³-hybridized carbons (Fsp3) is 0.588. The fourth-order valence-corrected chi connectivity index (χ4v) is 3.58. The van der Waals surface area contributed by atoms with Gasteiger partial charge in [0, 0.05) is 11.6 Å². The van der Waals surface area contributed by atoms with Crippen LogP contribution in [0, 0.1) is 0 Å². The Labute approximate surface area is 135 Å². The fourth-order valence-electron chi connectivity index (χ4n) is 3.04. The maximum absolute atomic E-state index is 12.5. The van der Waals surface area contributed by atoms with Gasteiger partial charge in [-0.2, -0.15) is 0 Å². The number of ketones is 1. The van der Waals surface area contributed by atoms with Crippen LogP contribution in [0.5, 0.6) is 5.75 Å². The number of hydrogen-bond donors (Lipinski definition) is 0. The lowest BCUT2D eigenvalue weighted by Crippen LogP contribution is -2.42. The van der Waals surface area contributed by atoms with Crippen molar-refractivity contribution in [2.45, 2.75) is 45.1 Å². The average Bonchev–Trinajstić information content (AvgIpc) is 2.49. The molecule has 4 heteroatoms. The van der Waals surface area contributed by atoms with Gasteiger partial charge in [-0.25, -0.2) is 0 Å². The number of benzene rings is 1. The highest BCUT2D eigenvalue weighted by Crippen LogP contribution is 2.26. The standard InChI is InChI=1S/C17H24BrNO2/c1-3-6-14-7-4-5-10-19(14)12-16(20)13-8-9-17(21-2)15(18)11-13/h8-9,11,14H,3-7,10,12H2,1-2H3. The minimum Gasteiger partial charge on any atom is -0.496 e. The van der Waals surface area contributed by atoms with Crippen molar-refractivity contribution in [3.63, 3.8) is 0 Å². The number of ether oxygens (including phenoxy) is 1. The molecule has 1 atom stereocenters. The zero-order valence-electron chi connectivity index (χ0n) is 12.9. The number of piperidine rings is 1. The Hall–Kier alpha value is -0.870. The number of nitrogens with zero attached hydrogens (tertiary/aromatic N) is 1. The van der Waals surface area contributed by atoms with E-state index in [1.54, 1.807) is 7.11 Å². The maximum Gasteiger partial charge on any atom is 0.176 e. The highest BCUT2D eigenvalue weighted by Gasteiger charge is 2.24. The summed E-state index contributed by atoms with van der Waals surface area (Å²) >= 11 is 3.45. The number of rotatable bonds is 6. The topological polar surface area (TPSA) is 29.5 Å². The smallest absolute Gasteiger partial charge is 0.176 e. The van der Waals surface area contributed by atoms with E-state index in [4.69, 9.17) is 4.74 Å². The van der Waals surface area contributed by atoms with Crippen molar-refractivity contribution in [1.82, 2.24) is 4.90 Å². The number of methoxy groups -OCH3 is 1. The molecule has 0 bridgehead atoms. The van der Waals surface area contributed by atoms with Gasteiger partial charge in [-0.15, -0.1) is 0 Å². The van der Waals surface area contributed by atoms with Crippen LogP contribution in [-0.2, 0) is 0 Å². The van der Waals surface area contributed by atoms with E-state index in [1.807, 2.05) is 18.2 Å². The lowest BCUT2D eigenvalue weighted by molar-refractivity contribution is 0.0831. The number of carbonyl (C=O) groups is 1. The van der Waals surface area contributed by atoms with E-state index in [1.165, 1.54) is 32.1 Å². The zero-order valence-corrected chi connectivity index (χ0v) is 14.5. The van der Waals surface area contributed by atoms with Crippen LogP contribution in [0.4, 0.5) is 0 Å². The summed E-state index contributed by atoms with van der Waals surface area (Å²) in [5.41, 5.74) is 0.753. The molecular weight excluding hydrogens is 330 g/mol. The maximum atomic E-state index is 12.5. The molecule has 21 heavy (non-hydrogen) atoms. The van der Waals surface area contributed by atoms with Crippen molar-refractivity contribution in [2.24, 2.45) is 0 Å². The molecule has 0 N–H and O–H groups in total. The van der Waals surface area contributed by atoms with E-state index in [-0.39, 0.29) is 5.78 Å². The quantitative estimate of drug-likeness (QED) is 0.714. The van der Waals surface area contributed by atoms with Crippen LogP contribution in [0.25, 0.3) is 0 Å². The minimum absolute atomic E-state index is 0.196.